The number of nitrogens with zero attached hydrogens (tertiary/aromatic N) is 2. The fraction of sp³-hybridized carbons (Fsp3) is 0.588. The van der Waals surface area contributed by atoms with Crippen molar-refractivity contribution >= 4 is 45.1 Å². The summed E-state index contributed by atoms with van der Waals surface area (Å²) in [6.07, 6.45) is 3.57. The highest BCUT2D eigenvalue weighted by molar-refractivity contribution is 9.10. The molecule has 1 saturated carbocycles. The van der Waals surface area contributed by atoms with Gasteiger partial charge in [0.2, 0.25) is 5.91 Å². The second-order valence-electron chi connectivity index (χ2n) is 6.92. The highest BCUT2D eigenvalue weighted by atomic mass is 79.9. The van der Waals surface area contributed by atoms with E-state index in [1.54, 1.807) is 23.3 Å². The molecule has 2 fully saturated rings. The average molecular weight is 428 g/mol. The van der Waals surface area contributed by atoms with E-state index in [4.69, 9.17) is 0 Å². The van der Waals surface area contributed by atoms with Crippen molar-refractivity contribution in [2.45, 2.75) is 44.7 Å². The minimum absolute atomic E-state index is 0.0963. The van der Waals surface area contributed by atoms with Gasteiger partial charge in [0.05, 0.1) is 6.54 Å². The molecule has 8 heteroatoms. The number of nitrogens with one attached hydrogen (secondary N) is 1. The monoisotopic (exact) mass is 427 g/mol. The molecule has 1 aromatic heterocycles. The van der Waals surface area contributed by atoms with Gasteiger partial charge in [-0.1, -0.05) is 19.8 Å². The number of thiophene rings is 1. The van der Waals surface area contributed by atoms with E-state index in [2.05, 4.69) is 21.2 Å². The molecule has 6 nitrogen and oxygen atoms in total. The van der Waals surface area contributed by atoms with E-state index in [1.807, 2.05) is 18.4 Å². The molecule has 0 radical (unpaired) electrons. The Bertz CT molecular complexity index is 707. The van der Waals surface area contributed by atoms with Gasteiger partial charge in [0, 0.05) is 21.8 Å². The first-order chi connectivity index (χ1) is 11.8. The van der Waals surface area contributed by atoms with Crippen LogP contribution in [0.25, 0.3) is 0 Å². The van der Waals surface area contributed by atoms with Crippen LogP contribution in [-0.2, 0) is 16.1 Å². The van der Waals surface area contributed by atoms with Crippen LogP contribution in [0.3, 0.4) is 0 Å². The van der Waals surface area contributed by atoms with Gasteiger partial charge in [-0.05, 0) is 40.8 Å². The highest BCUT2D eigenvalue weighted by Crippen LogP contribution is 2.38. The third-order valence-electron chi connectivity index (χ3n) is 5.24. The summed E-state index contributed by atoms with van der Waals surface area (Å²) in [4.78, 5) is 41.4. The van der Waals surface area contributed by atoms with E-state index in [1.165, 1.54) is 0 Å². The van der Waals surface area contributed by atoms with Crippen molar-refractivity contribution in [3.8, 4) is 0 Å². The van der Waals surface area contributed by atoms with Crippen LogP contribution >= 0.6 is 27.3 Å². The molecule has 0 bridgehead atoms. The van der Waals surface area contributed by atoms with Gasteiger partial charge in [-0.25, -0.2) is 4.79 Å². The van der Waals surface area contributed by atoms with Crippen LogP contribution in [0.4, 0.5) is 4.79 Å². The molecule has 2 atom stereocenters. The number of carbonyl (C=O) groups is 3. The van der Waals surface area contributed by atoms with Crippen LogP contribution in [0.2, 0.25) is 0 Å². The molecule has 3 rings (SSSR count). The molecule has 1 aliphatic heterocycles. The normalized spacial score (nSPS) is 26.2. The maximum absolute atomic E-state index is 12.9. The highest BCUT2D eigenvalue weighted by Gasteiger charge is 2.55. The summed E-state index contributed by atoms with van der Waals surface area (Å²) in [5.41, 5.74) is -0.813. The lowest BCUT2D eigenvalue weighted by Gasteiger charge is -2.36. The quantitative estimate of drug-likeness (QED) is 0.750. The first-order valence-electron chi connectivity index (χ1n) is 8.44. The van der Waals surface area contributed by atoms with Crippen LogP contribution in [0, 0.1) is 5.92 Å². The molecule has 4 amide bonds. The molecule has 25 heavy (non-hydrogen) atoms. The third-order valence-corrected chi connectivity index (χ3v) is 6.92. The maximum atomic E-state index is 12.9. The molecule has 1 aromatic rings. The van der Waals surface area contributed by atoms with E-state index in [0.29, 0.717) is 13.0 Å². The van der Waals surface area contributed by atoms with Crippen molar-refractivity contribution < 1.29 is 14.4 Å². The molecule has 0 aromatic carbocycles. The van der Waals surface area contributed by atoms with E-state index in [-0.39, 0.29) is 24.3 Å². The zero-order valence-electron chi connectivity index (χ0n) is 14.4. The first kappa shape index (κ1) is 18.4. The topological polar surface area (TPSA) is 69.7 Å². The average Bonchev–Trinajstić information content (AvgIpc) is 3.07. The summed E-state index contributed by atoms with van der Waals surface area (Å²) in [7, 11) is 1.69. The predicted octanol–water partition coefficient (Wildman–Crippen LogP) is 2.97. The smallest absolute Gasteiger partial charge is 0.325 e. The Kier molecular flexibility index (Phi) is 5.20. The van der Waals surface area contributed by atoms with Crippen LogP contribution in [0.1, 0.15) is 37.5 Å². The molecule has 136 valence electrons. The fourth-order valence-electron chi connectivity index (χ4n) is 3.65. The molecule has 2 heterocycles. The van der Waals surface area contributed by atoms with Crippen LogP contribution in [0.15, 0.2) is 15.9 Å². The number of hydrogen-bond acceptors (Lipinski definition) is 4. The maximum Gasteiger partial charge on any atom is 0.325 e. The third kappa shape index (κ3) is 3.46. The van der Waals surface area contributed by atoms with E-state index in [0.717, 1.165) is 33.5 Å². The van der Waals surface area contributed by atoms with E-state index in [9.17, 15) is 14.4 Å². The second kappa shape index (κ2) is 7.07. The lowest BCUT2D eigenvalue weighted by Crippen LogP contribution is -2.54. The molecule has 1 spiro atoms. The minimum Gasteiger partial charge on any atom is -0.339 e. The Labute approximate surface area is 159 Å². The van der Waals surface area contributed by atoms with Crippen molar-refractivity contribution in [3.05, 3.63) is 20.8 Å². The molecular weight excluding hydrogens is 406 g/mol. The summed E-state index contributed by atoms with van der Waals surface area (Å²) >= 11 is 4.95. The second-order valence-corrected chi connectivity index (χ2v) is 8.83. The van der Waals surface area contributed by atoms with Gasteiger partial charge in [-0.15, -0.1) is 11.3 Å². The molecular formula is C17H22BrN3O3S. The van der Waals surface area contributed by atoms with E-state index < -0.39 is 11.6 Å². The zero-order chi connectivity index (χ0) is 18.2. The van der Waals surface area contributed by atoms with Crippen LogP contribution in [-0.4, -0.2) is 46.8 Å². The summed E-state index contributed by atoms with van der Waals surface area (Å²) in [6, 6.07) is 1.51. The van der Waals surface area contributed by atoms with Gasteiger partial charge in [-0.3, -0.25) is 14.5 Å². The van der Waals surface area contributed by atoms with Crippen molar-refractivity contribution in [2.24, 2.45) is 5.92 Å². The number of likely N-dealkylation sites (N-methyl/N-ethyl adjacent to an activating group) is 1. The van der Waals surface area contributed by atoms with Gasteiger partial charge in [0.1, 0.15) is 12.1 Å². The SMILES string of the molecule is CC1CCCCC12NC(=O)N(CC(=O)N(C)Cc1cc(Br)cs1)C2=O. The number of halogens is 1. The van der Waals surface area contributed by atoms with Gasteiger partial charge in [0.25, 0.3) is 5.91 Å². The van der Waals surface area contributed by atoms with Crippen LogP contribution in [0.5, 0.6) is 0 Å². The Morgan fingerprint density at radius 2 is 2.24 bits per heavy atom. The fourth-order valence-corrected chi connectivity index (χ4v) is 5.16. The molecule has 1 aliphatic carbocycles. The van der Waals surface area contributed by atoms with Crippen molar-refractivity contribution in [3.63, 3.8) is 0 Å². The van der Waals surface area contributed by atoms with Gasteiger partial charge >= 0.3 is 6.03 Å². The minimum atomic E-state index is -0.813. The van der Waals surface area contributed by atoms with Gasteiger partial charge in [0.15, 0.2) is 0 Å². The summed E-state index contributed by atoms with van der Waals surface area (Å²) in [5, 5.41) is 4.84. The Morgan fingerprint density at radius 3 is 2.88 bits per heavy atom. The summed E-state index contributed by atoms with van der Waals surface area (Å²) < 4.78 is 0.982. The lowest BCUT2D eigenvalue weighted by atomic mass is 9.73. The number of amides is 4. The van der Waals surface area contributed by atoms with Crippen molar-refractivity contribution in [1.29, 1.82) is 0 Å². The van der Waals surface area contributed by atoms with Gasteiger partial charge in [-0.2, -0.15) is 0 Å². The largest absolute Gasteiger partial charge is 0.339 e. The summed E-state index contributed by atoms with van der Waals surface area (Å²) in [6.45, 7) is 2.26. The van der Waals surface area contributed by atoms with E-state index >= 15 is 0 Å². The van der Waals surface area contributed by atoms with Crippen molar-refractivity contribution in [1.82, 2.24) is 15.1 Å². The predicted molar refractivity (Wildman–Crippen MR) is 99.1 cm³/mol. The Morgan fingerprint density at radius 1 is 1.48 bits per heavy atom. The Hall–Kier alpha value is -1.41. The van der Waals surface area contributed by atoms with Crippen molar-refractivity contribution in [2.75, 3.05) is 13.6 Å². The molecule has 2 aliphatic rings. The van der Waals surface area contributed by atoms with Gasteiger partial charge < -0.3 is 10.2 Å². The number of carbonyl (C=O) groups excluding carboxylic acids is 3. The Balaban J connectivity index is 1.66. The first-order valence-corrected chi connectivity index (χ1v) is 10.1. The lowest BCUT2D eigenvalue weighted by molar-refractivity contribution is -0.140. The molecule has 1 N–H and O–H groups in total. The number of urea groups is 1. The zero-order valence-corrected chi connectivity index (χ0v) is 16.8. The standard InChI is InChI=1S/C17H22BrN3O3S/c1-11-5-3-4-6-17(11)15(23)21(16(24)19-17)9-14(22)20(2)8-13-7-12(18)10-25-13/h7,10-11H,3-6,8-9H2,1-2H3,(H,19,24). The summed E-state index contributed by atoms with van der Waals surface area (Å²) in [5.74, 6) is -0.391. The number of imide groups is 1. The molecule has 1 saturated heterocycles. The molecule has 2 unspecified atom stereocenters. The number of rotatable bonds is 4. The van der Waals surface area contributed by atoms with Crippen LogP contribution < -0.4 is 5.32 Å². The number of hydrogen-bond donors (Lipinski definition) is 1.